The molecule has 1 aromatic rings. The monoisotopic (exact) mass is 504 g/mol. The van der Waals surface area contributed by atoms with Crippen molar-refractivity contribution in [3.8, 4) is 0 Å². The topological polar surface area (TPSA) is 49.0 Å². The van der Waals surface area contributed by atoms with Crippen molar-refractivity contribution >= 4 is 5.71 Å². The van der Waals surface area contributed by atoms with Crippen LogP contribution in [0.2, 0.25) is 0 Å². The van der Waals surface area contributed by atoms with Crippen molar-refractivity contribution in [2.45, 2.75) is 67.2 Å². The molecule has 4 nitrogen and oxygen atoms in total. The van der Waals surface area contributed by atoms with Crippen LogP contribution in [0.15, 0.2) is 53.3 Å². The van der Waals surface area contributed by atoms with Crippen molar-refractivity contribution < 1.29 is 25.9 Å². The smallest absolute Gasteiger partial charge is 0.386 e. The minimum atomic E-state index is 0.201. The predicted octanol–water partition coefficient (Wildman–Crippen LogP) is 1.02. The first kappa shape index (κ1) is 19.8. The Morgan fingerprint density at radius 3 is 2.86 bits per heavy atom. The van der Waals surface area contributed by atoms with Gasteiger partial charge >= 0.3 is 148 Å². The van der Waals surface area contributed by atoms with Crippen molar-refractivity contribution in [3.63, 3.8) is 0 Å². The molecule has 2 fully saturated rings. The van der Waals surface area contributed by atoms with E-state index < -0.39 is 0 Å². The van der Waals surface area contributed by atoms with E-state index in [0.29, 0.717) is 39.3 Å². The Labute approximate surface area is 184 Å². The third kappa shape index (κ3) is 5.12. The average molecular weight is 504 g/mol. The third-order valence-corrected chi connectivity index (χ3v) is 8.74. The molecule has 29 heavy (non-hydrogen) atoms. The molecule has 5 heteroatoms. The van der Waals surface area contributed by atoms with E-state index in [0.717, 1.165) is 42.6 Å². The van der Waals surface area contributed by atoms with Crippen LogP contribution in [0.3, 0.4) is 0 Å². The van der Waals surface area contributed by atoms with Crippen molar-refractivity contribution in [2.24, 2.45) is 4.99 Å². The fraction of sp³-hybridized carbons (Fsp3) is 0.542. The van der Waals surface area contributed by atoms with Crippen LogP contribution in [-0.4, -0.2) is 35.1 Å². The molecule has 156 valence electrons. The Bertz CT molecular complexity index is 812. The average Bonchev–Trinajstić information content (AvgIpc) is 3.67. The molecule has 4 heterocycles. The van der Waals surface area contributed by atoms with Crippen molar-refractivity contribution in [3.05, 3.63) is 59.4 Å². The van der Waals surface area contributed by atoms with Crippen LogP contribution in [0.25, 0.3) is 0 Å². The van der Waals surface area contributed by atoms with Gasteiger partial charge in [0.2, 0.25) is 0 Å². The van der Waals surface area contributed by atoms with Gasteiger partial charge in [-0.15, -0.1) is 0 Å². The molecule has 0 amide bonds. The summed E-state index contributed by atoms with van der Waals surface area (Å²) in [4.78, 5) is 4.75. The fourth-order valence-electron chi connectivity index (χ4n) is 4.42. The molecule has 2 saturated heterocycles. The van der Waals surface area contributed by atoms with Gasteiger partial charge in [0, 0.05) is 11.7 Å². The first-order valence-corrected chi connectivity index (χ1v) is 13.8. The summed E-state index contributed by atoms with van der Waals surface area (Å²) in [6, 6.07) is 10.0. The van der Waals surface area contributed by atoms with Crippen molar-refractivity contribution in [1.29, 1.82) is 0 Å². The number of allylic oxidation sites excluding steroid dienone is 1. The van der Waals surface area contributed by atoms with Crippen LogP contribution in [0.5, 0.6) is 0 Å². The number of hydrogen-bond donors (Lipinski definition) is 2. The summed E-state index contributed by atoms with van der Waals surface area (Å²) in [6.07, 6.45) is 12.4. The Balaban J connectivity index is 1.18. The molecule has 5 atom stereocenters. The van der Waals surface area contributed by atoms with E-state index in [9.17, 15) is 0 Å². The van der Waals surface area contributed by atoms with E-state index in [1.807, 2.05) is 6.20 Å². The maximum atomic E-state index is 6.00. The first-order valence-electron chi connectivity index (χ1n) is 11.0. The second kappa shape index (κ2) is 8.90. The minimum absolute atomic E-state index is 0.201. The van der Waals surface area contributed by atoms with E-state index in [2.05, 4.69) is 54.0 Å². The summed E-state index contributed by atoms with van der Waals surface area (Å²) in [5.74, 6) is 0.375. The summed E-state index contributed by atoms with van der Waals surface area (Å²) >= 11 is 0.464. The number of nitrogens with zero attached hydrogens (tertiary/aromatic N) is 1. The second-order valence-corrected chi connectivity index (χ2v) is 11.8. The Hall–Kier alpha value is -1.18. The van der Waals surface area contributed by atoms with Crippen LogP contribution in [0, 0.1) is 0 Å². The zero-order valence-corrected chi connectivity index (χ0v) is 19.3. The Kier molecular flexibility index (Phi) is 6.07. The molecule has 5 unspecified atom stereocenters. The molecule has 0 aromatic heterocycles. The SMILES string of the molecule is CC1CC=C(CCNC2OC2CC(C2=NC=CCC2)c2ccc(C3C[I-]3)cc2)N1. The van der Waals surface area contributed by atoms with Crippen molar-refractivity contribution in [2.75, 3.05) is 11.0 Å². The van der Waals surface area contributed by atoms with Crippen LogP contribution < -0.4 is 31.8 Å². The number of hydrogen-bond acceptors (Lipinski definition) is 4. The molecule has 1 aromatic carbocycles. The van der Waals surface area contributed by atoms with Gasteiger partial charge in [-0.2, -0.15) is 0 Å². The molecule has 4 aliphatic rings. The quantitative estimate of drug-likeness (QED) is 0.300. The molecule has 0 radical (unpaired) electrons. The molecule has 0 saturated carbocycles. The minimum Gasteiger partial charge on any atom is -0.386 e. The van der Waals surface area contributed by atoms with Gasteiger partial charge in [0.05, 0.1) is 0 Å². The van der Waals surface area contributed by atoms with Crippen LogP contribution in [0.4, 0.5) is 0 Å². The van der Waals surface area contributed by atoms with Crippen LogP contribution in [-0.2, 0) is 4.74 Å². The summed E-state index contributed by atoms with van der Waals surface area (Å²) in [6.45, 7) is 3.21. The fourth-order valence-corrected chi connectivity index (χ4v) is 6.10. The summed E-state index contributed by atoms with van der Waals surface area (Å²) in [7, 11) is 0. The predicted molar refractivity (Wildman–Crippen MR) is 114 cm³/mol. The number of halogens is 1. The number of rotatable bonds is 9. The largest absolute Gasteiger partial charge is 0.386 e. The molecule has 2 N–H and O–H groups in total. The maximum Gasteiger partial charge on any atom is -0.386 e. The molecular weight excluding hydrogens is 473 g/mol. The van der Waals surface area contributed by atoms with Crippen LogP contribution >= 0.6 is 0 Å². The number of ether oxygens (including phenoxy) is 1. The maximum absolute atomic E-state index is 6.00. The van der Waals surface area contributed by atoms with Gasteiger partial charge in [0.15, 0.2) is 0 Å². The van der Waals surface area contributed by atoms with Crippen LogP contribution in [0.1, 0.15) is 60.0 Å². The zero-order valence-electron chi connectivity index (χ0n) is 17.1. The van der Waals surface area contributed by atoms with Gasteiger partial charge < -0.3 is 5.32 Å². The molecule has 0 aliphatic carbocycles. The summed E-state index contributed by atoms with van der Waals surface area (Å²) in [5.41, 5.74) is 5.66. The van der Waals surface area contributed by atoms with Gasteiger partial charge in [0.1, 0.15) is 0 Å². The van der Waals surface area contributed by atoms with E-state index >= 15 is 0 Å². The molecule has 0 bridgehead atoms. The van der Waals surface area contributed by atoms with Gasteiger partial charge in [-0.05, 0) is 13.3 Å². The molecular formula is C24H31IN3O-. The number of benzene rings is 1. The molecule has 0 spiro atoms. The third-order valence-electron chi connectivity index (χ3n) is 6.26. The molecule has 5 rings (SSSR count). The number of aliphatic imine (C=N–C) groups is 1. The van der Waals surface area contributed by atoms with Gasteiger partial charge in [0.25, 0.3) is 0 Å². The zero-order chi connectivity index (χ0) is 19.6. The second-order valence-electron chi connectivity index (χ2n) is 8.58. The first-order chi connectivity index (χ1) is 14.3. The number of nitrogens with one attached hydrogen (secondary N) is 2. The standard InChI is InChI=1S/C24H31IN3O/c1-16-5-10-19(28-16)11-13-27-24-23(29-24)14-20(22-4-2-3-12-26-22)17-6-8-18(9-7-17)21-15-25-21/h3,6-10,12,16,20-21,23-24,27-28H,2,4-5,11,13-15H2,1H3/q-1. The van der Waals surface area contributed by atoms with Crippen molar-refractivity contribution in [1.82, 2.24) is 10.6 Å². The van der Waals surface area contributed by atoms with E-state index in [1.165, 1.54) is 21.4 Å². The van der Waals surface area contributed by atoms with Gasteiger partial charge in [-0.1, -0.05) is 6.08 Å². The summed E-state index contributed by atoms with van der Waals surface area (Å²) in [5, 5.41) is 7.12. The van der Waals surface area contributed by atoms with E-state index in [4.69, 9.17) is 9.73 Å². The normalized spacial score (nSPS) is 31.3. The van der Waals surface area contributed by atoms with E-state index in [-0.39, 0.29) is 6.23 Å². The Morgan fingerprint density at radius 1 is 1.31 bits per heavy atom. The Morgan fingerprint density at radius 2 is 2.17 bits per heavy atom. The van der Waals surface area contributed by atoms with E-state index in [1.54, 1.807) is 5.56 Å². The number of epoxide rings is 1. The van der Waals surface area contributed by atoms with Gasteiger partial charge in [-0.25, -0.2) is 0 Å². The number of alkyl halides is 2. The molecule has 4 aliphatic heterocycles. The summed E-state index contributed by atoms with van der Waals surface area (Å²) < 4.78 is 8.38. The van der Waals surface area contributed by atoms with Gasteiger partial charge in [-0.3, -0.25) is 0 Å².